The smallest absolute Gasteiger partial charge is 0.191 e. The van der Waals surface area contributed by atoms with Crippen molar-refractivity contribution in [3.8, 4) is 5.75 Å². The molecule has 1 heterocycles. The van der Waals surface area contributed by atoms with Crippen molar-refractivity contribution in [3.05, 3.63) is 29.3 Å². The Morgan fingerprint density at radius 3 is 2.65 bits per heavy atom. The third-order valence-corrected chi connectivity index (χ3v) is 4.20. The Bertz CT molecular complexity index is 510. The molecule has 5 nitrogen and oxygen atoms in total. The number of benzene rings is 1. The zero-order chi connectivity index (χ0) is 16.5. The highest BCUT2D eigenvalue weighted by Gasteiger charge is 2.09. The van der Waals surface area contributed by atoms with Crippen molar-refractivity contribution in [2.45, 2.75) is 32.7 Å². The second kappa shape index (κ2) is 9.40. The van der Waals surface area contributed by atoms with Crippen LogP contribution in [0.3, 0.4) is 0 Å². The fourth-order valence-electron chi connectivity index (χ4n) is 2.97. The van der Waals surface area contributed by atoms with E-state index in [1.165, 1.54) is 43.5 Å². The lowest BCUT2D eigenvalue weighted by Gasteiger charge is -2.26. The molecule has 0 amide bonds. The van der Waals surface area contributed by atoms with Gasteiger partial charge < -0.3 is 20.3 Å². The lowest BCUT2D eigenvalue weighted by Crippen LogP contribution is -2.42. The highest BCUT2D eigenvalue weighted by Crippen LogP contribution is 2.16. The number of hydrogen-bond donors (Lipinski definition) is 2. The molecular weight excluding hydrogens is 288 g/mol. The number of aryl methyl sites for hydroxylation is 1. The first-order valence-corrected chi connectivity index (χ1v) is 8.52. The molecule has 1 fully saturated rings. The number of guanidine groups is 1. The lowest BCUT2D eigenvalue weighted by atomic mass is 10.1. The number of likely N-dealkylation sites (tertiary alicyclic amines) is 1. The van der Waals surface area contributed by atoms with Gasteiger partial charge in [0.05, 0.1) is 7.11 Å². The maximum atomic E-state index is 5.32. The molecule has 1 aromatic rings. The van der Waals surface area contributed by atoms with Gasteiger partial charge in [-0.2, -0.15) is 0 Å². The summed E-state index contributed by atoms with van der Waals surface area (Å²) < 4.78 is 5.32. The molecule has 23 heavy (non-hydrogen) atoms. The summed E-state index contributed by atoms with van der Waals surface area (Å²) in [5.74, 6) is 1.75. The topological polar surface area (TPSA) is 48.9 Å². The van der Waals surface area contributed by atoms with Gasteiger partial charge in [-0.25, -0.2) is 0 Å². The van der Waals surface area contributed by atoms with Crippen LogP contribution in [0.15, 0.2) is 23.2 Å². The van der Waals surface area contributed by atoms with E-state index in [0.29, 0.717) is 0 Å². The van der Waals surface area contributed by atoms with Crippen molar-refractivity contribution in [1.82, 2.24) is 15.5 Å². The van der Waals surface area contributed by atoms with E-state index in [2.05, 4.69) is 39.6 Å². The Kier molecular flexibility index (Phi) is 7.20. The van der Waals surface area contributed by atoms with E-state index in [1.807, 2.05) is 13.1 Å². The van der Waals surface area contributed by atoms with Crippen LogP contribution in [0.25, 0.3) is 0 Å². The maximum absolute atomic E-state index is 5.32. The van der Waals surface area contributed by atoms with Crippen LogP contribution in [0.5, 0.6) is 5.75 Å². The number of methoxy groups -OCH3 is 1. The highest BCUT2D eigenvalue weighted by atomic mass is 16.5. The Balaban J connectivity index is 1.75. The third-order valence-electron chi connectivity index (χ3n) is 4.20. The van der Waals surface area contributed by atoms with Crippen LogP contribution in [0.1, 0.15) is 30.4 Å². The molecule has 1 aromatic carbocycles. The monoisotopic (exact) mass is 318 g/mol. The maximum Gasteiger partial charge on any atom is 0.191 e. The predicted molar refractivity (Wildman–Crippen MR) is 96.2 cm³/mol. The van der Waals surface area contributed by atoms with Crippen LogP contribution in [0.4, 0.5) is 0 Å². The Labute approximate surface area is 140 Å². The second-order valence-electron chi connectivity index (χ2n) is 6.11. The van der Waals surface area contributed by atoms with E-state index in [9.17, 15) is 0 Å². The zero-order valence-electron chi connectivity index (χ0n) is 14.7. The van der Waals surface area contributed by atoms with E-state index < -0.39 is 0 Å². The number of nitrogens with one attached hydrogen (secondary N) is 2. The molecule has 1 saturated heterocycles. The first-order valence-electron chi connectivity index (χ1n) is 8.52. The van der Waals surface area contributed by atoms with Crippen molar-refractivity contribution in [3.63, 3.8) is 0 Å². The summed E-state index contributed by atoms with van der Waals surface area (Å²) >= 11 is 0. The quantitative estimate of drug-likeness (QED) is 0.623. The van der Waals surface area contributed by atoms with Crippen LogP contribution < -0.4 is 15.4 Å². The van der Waals surface area contributed by atoms with Crippen LogP contribution >= 0.6 is 0 Å². The Morgan fingerprint density at radius 1 is 1.17 bits per heavy atom. The van der Waals surface area contributed by atoms with Crippen LogP contribution in [-0.4, -0.2) is 51.2 Å². The number of hydrogen-bond acceptors (Lipinski definition) is 3. The normalized spacial score (nSPS) is 16.2. The molecule has 0 radical (unpaired) electrons. The van der Waals surface area contributed by atoms with Gasteiger partial charge in [0, 0.05) is 26.7 Å². The summed E-state index contributed by atoms with van der Waals surface area (Å²) in [7, 11) is 3.51. The average molecular weight is 318 g/mol. The van der Waals surface area contributed by atoms with E-state index in [-0.39, 0.29) is 0 Å². The first kappa shape index (κ1) is 17.6. The highest BCUT2D eigenvalue weighted by molar-refractivity contribution is 5.79. The molecule has 5 heteroatoms. The number of aliphatic imine (C=N–C) groups is 1. The van der Waals surface area contributed by atoms with Gasteiger partial charge in [0.2, 0.25) is 0 Å². The molecule has 1 aliphatic heterocycles. The molecule has 0 saturated carbocycles. The fourth-order valence-corrected chi connectivity index (χ4v) is 2.97. The van der Waals surface area contributed by atoms with E-state index in [1.54, 1.807) is 7.11 Å². The van der Waals surface area contributed by atoms with Crippen molar-refractivity contribution in [2.75, 3.05) is 40.3 Å². The van der Waals surface area contributed by atoms with Crippen molar-refractivity contribution >= 4 is 5.96 Å². The van der Waals surface area contributed by atoms with Crippen molar-refractivity contribution < 1.29 is 4.74 Å². The molecule has 2 N–H and O–H groups in total. The van der Waals surface area contributed by atoms with Gasteiger partial charge in [0.1, 0.15) is 5.75 Å². The zero-order valence-corrected chi connectivity index (χ0v) is 14.7. The minimum absolute atomic E-state index is 0.738. The summed E-state index contributed by atoms with van der Waals surface area (Å²) in [5.41, 5.74) is 2.40. The number of nitrogens with zero attached hydrogens (tertiary/aromatic N) is 2. The molecule has 128 valence electrons. The lowest BCUT2D eigenvalue weighted by molar-refractivity contribution is 0.232. The summed E-state index contributed by atoms with van der Waals surface area (Å²) in [6, 6.07) is 6.26. The van der Waals surface area contributed by atoms with Crippen LogP contribution in [0, 0.1) is 6.92 Å². The van der Waals surface area contributed by atoms with E-state index >= 15 is 0 Å². The van der Waals surface area contributed by atoms with Gasteiger partial charge in [-0.3, -0.25) is 4.99 Å². The van der Waals surface area contributed by atoms with Gasteiger partial charge in [-0.15, -0.1) is 0 Å². The van der Waals surface area contributed by atoms with Gasteiger partial charge >= 0.3 is 0 Å². The summed E-state index contributed by atoms with van der Waals surface area (Å²) in [4.78, 5) is 6.82. The Morgan fingerprint density at radius 2 is 1.96 bits per heavy atom. The summed E-state index contributed by atoms with van der Waals surface area (Å²) in [5, 5.41) is 6.76. The number of rotatable bonds is 6. The minimum Gasteiger partial charge on any atom is -0.497 e. The molecule has 0 spiro atoms. The Hall–Kier alpha value is -1.75. The molecule has 0 atom stereocenters. The van der Waals surface area contributed by atoms with Gasteiger partial charge in [0.25, 0.3) is 0 Å². The van der Waals surface area contributed by atoms with Gasteiger partial charge in [-0.05, 0) is 56.1 Å². The SMILES string of the molecule is CN=C(NCCN1CCCCC1)NCc1cc(C)cc(OC)c1. The molecule has 0 unspecified atom stereocenters. The molecule has 0 aromatic heterocycles. The molecule has 1 aliphatic rings. The predicted octanol–water partition coefficient (Wildman–Crippen LogP) is 2.15. The molecule has 0 aliphatic carbocycles. The number of piperidine rings is 1. The molecule has 2 rings (SSSR count). The molecule has 0 bridgehead atoms. The standard InChI is InChI=1S/C18H30N4O/c1-15-11-16(13-17(12-15)23-3)14-21-18(19-2)20-7-10-22-8-5-4-6-9-22/h11-13H,4-10,14H2,1-3H3,(H2,19,20,21). The summed E-state index contributed by atoms with van der Waals surface area (Å²) in [6.45, 7) is 7.29. The first-order chi connectivity index (χ1) is 11.2. The number of ether oxygens (including phenoxy) is 1. The van der Waals surface area contributed by atoms with E-state index in [0.717, 1.165) is 31.3 Å². The largest absolute Gasteiger partial charge is 0.497 e. The van der Waals surface area contributed by atoms with Crippen molar-refractivity contribution in [2.24, 2.45) is 4.99 Å². The van der Waals surface area contributed by atoms with Crippen LogP contribution in [-0.2, 0) is 6.54 Å². The van der Waals surface area contributed by atoms with Crippen LogP contribution in [0.2, 0.25) is 0 Å². The minimum atomic E-state index is 0.738. The fraction of sp³-hybridized carbons (Fsp3) is 0.611. The van der Waals surface area contributed by atoms with E-state index in [4.69, 9.17) is 4.74 Å². The van der Waals surface area contributed by atoms with Gasteiger partial charge in [-0.1, -0.05) is 12.5 Å². The average Bonchev–Trinajstić information content (AvgIpc) is 2.58. The van der Waals surface area contributed by atoms with Crippen molar-refractivity contribution in [1.29, 1.82) is 0 Å². The molecular formula is C18H30N4O. The van der Waals surface area contributed by atoms with Gasteiger partial charge in [0.15, 0.2) is 5.96 Å². The summed E-state index contributed by atoms with van der Waals surface area (Å²) in [6.07, 6.45) is 4.05. The second-order valence-corrected chi connectivity index (χ2v) is 6.11. The third kappa shape index (κ3) is 6.10.